The normalized spacial score (nSPS) is 10.3. The number of nitrogens with two attached hydrogens (primary N) is 1. The molecule has 0 radical (unpaired) electrons. The van der Waals surface area contributed by atoms with E-state index in [4.69, 9.17) is 10.5 Å². The predicted molar refractivity (Wildman–Crippen MR) is 75.9 cm³/mol. The van der Waals surface area contributed by atoms with E-state index in [0.717, 1.165) is 11.6 Å². The molecular weight excluding hydrogens is 259 g/mol. The zero-order valence-electron chi connectivity index (χ0n) is 11.0. The largest absolute Gasteiger partial charge is 0.398 e. The molecule has 2 aromatic rings. The topological polar surface area (TPSA) is 64.3 Å². The summed E-state index contributed by atoms with van der Waals surface area (Å²) in [6.07, 6.45) is 0. The molecule has 2 rings (SSSR count). The molecule has 4 nitrogen and oxygen atoms in total. The Morgan fingerprint density at radius 1 is 1.30 bits per heavy atom. The SMILES string of the molecule is COCc1cccc(NC(=O)c2cc(F)ccc2N)c1. The molecule has 5 heteroatoms. The molecule has 20 heavy (non-hydrogen) atoms. The van der Waals surface area contributed by atoms with Gasteiger partial charge in [-0.3, -0.25) is 4.79 Å². The van der Waals surface area contributed by atoms with Gasteiger partial charge in [-0.05, 0) is 35.9 Å². The van der Waals surface area contributed by atoms with Gasteiger partial charge >= 0.3 is 0 Å². The minimum Gasteiger partial charge on any atom is -0.398 e. The number of amides is 1. The molecule has 0 fully saturated rings. The van der Waals surface area contributed by atoms with Crippen LogP contribution >= 0.6 is 0 Å². The van der Waals surface area contributed by atoms with Gasteiger partial charge in [-0.1, -0.05) is 12.1 Å². The highest BCUT2D eigenvalue weighted by molar-refractivity contribution is 6.07. The zero-order chi connectivity index (χ0) is 14.5. The summed E-state index contributed by atoms with van der Waals surface area (Å²) in [6.45, 7) is 0.450. The first-order chi connectivity index (χ1) is 9.60. The fourth-order valence-corrected chi connectivity index (χ4v) is 1.83. The Morgan fingerprint density at radius 2 is 2.10 bits per heavy atom. The molecule has 0 heterocycles. The van der Waals surface area contributed by atoms with Gasteiger partial charge in [-0.2, -0.15) is 0 Å². The van der Waals surface area contributed by atoms with E-state index in [1.165, 1.54) is 12.1 Å². The molecule has 0 spiro atoms. The lowest BCUT2D eigenvalue weighted by molar-refractivity contribution is 0.102. The number of benzene rings is 2. The summed E-state index contributed by atoms with van der Waals surface area (Å²) in [7, 11) is 1.60. The van der Waals surface area contributed by atoms with Crippen molar-refractivity contribution in [3.8, 4) is 0 Å². The standard InChI is InChI=1S/C15H15FN2O2/c1-20-9-10-3-2-4-12(7-10)18-15(19)13-8-11(16)5-6-14(13)17/h2-8H,9,17H2,1H3,(H,18,19). The molecule has 1 amide bonds. The number of halogens is 1. The van der Waals surface area contributed by atoms with Crippen LogP contribution in [0.1, 0.15) is 15.9 Å². The van der Waals surface area contributed by atoms with Gasteiger partial charge in [0.15, 0.2) is 0 Å². The number of carbonyl (C=O) groups excluding carboxylic acids is 1. The molecule has 0 saturated carbocycles. The minimum absolute atomic E-state index is 0.113. The molecule has 0 aliphatic rings. The maximum atomic E-state index is 13.2. The second-order valence-corrected chi connectivity index (χ2v) is 4.32. The van der Waals surface area contributed by atoms with Gasteiger partial charge in [0.1, 0.15) is 5.82 Å². The monoisotopic (exact) mass is 274 g/mol. The third kappa shape index (κ3) is 3.33. The predicted octanol–water partition coefficient (Wildman–Crippen LogP) is 2.81. The van der Waals surface area contributed by atoms with Crippen LogP contribution in [0.25, 0.3) is 0 Å². The molecule has 3 N–H and O–H groups in total. The van der Waals surface area contributed by atoms with E-state index in [1.807, 2.05) is 6.07 Å². The first-order valence-electron chi connectivity index (χ1n) is 6.04. The van der Waals surface area contributed by atoms with Crippen LogP contribution in [0.3, 0.4) is 0 Å². The Labute approximate surface area is 116 Å². The van der Waals surface area contributed by atoms with Gasteiger partial charge in [-0.15, -0.1) is 0 Å². The van der Waals surface area contributed by atoms with Gasteiger partial charge in [0.25, 0.3) is 5.91 Å². The molecule has 0 aliphatic carbocycles. The second kappa shape index (κ2) is 6.16. The molecule has 0 bridgehead atoms. The van der Waals surface area contributed by atoms with Crippen LogP contribution in [0.2, 0.25) is 0 Å². The lowest BCUT2D eigenvalue weighted by Crippen LogP contribution is -2.14. The molecule has 104 valence electrons. The van der Waals surface area contributed by atoms with Gasteiger partial charge in [0, 0.05) is 18.5 Å². The van der Waals surface area contributed by atoms with Crippen molar-refractivity contribution in [1.29, 1.82) is 0 Å². The lowest BCUT2D eigenvalue weighted by atomic mass is 10.1. The maximum absolute atomic E-state index is 13.2. The third-order valence-corrected chi connectivity index (χ3v) is 2.76. The van der Waals surface area contributed by atoms with Crippen molar-refractivity contribution in [2.24, 2.45) is 0 Å². The Morgan fingerprint density at radius 3 is 2.85 bits per heavy atom. The highest BCUT2D eigenvalue weighted by Crippen LogP contribution is 2.17. The Bertz CT molecular complexity index is 629. The van der Waals surface area contributed by atoms with Gasteiger partial charge in [0.2, 0.25) is 0 Å². The maximum Gasteiger partial charge on any atom is 0.257 e. The average Bonchev–Trinajstić information content (AvgIpc) is 2.42. The fraction of sp³-hybridized carbons (Fsp3) is 0.133. The minimum atomic E-state index is -0.502. The van der Waals surface area contributed by atoms with E-state index in [1.54, 1.807) is 25.3 Å². The van der Waals surface area contributed by atoms with Gasteiger partial charge in [0.05, 0.1) is 12.2 Å². The highest BCUT2D eigenvalue weighted by atomic mass is 19.1. The number of hydrogen-bond acceptors (Lipinski definition) is 3. The van der Waals surface area contributed by atoms with Crippen molar-refractivity contribution >= 4 is 17.3 Å². The number of rotatable bonds is 4. The van der Waals surface area contributed by atoms with Crippen molar-refractivity contribution in [2.45, 2.75) is 6.61 Å². The summed E-state index contributed by atoms with van der Waals surface area (Å²) in [5.41, 5.74) is 7.55. The van der Waals surface area contributed by atoms with Crippen molar-refractivity contribution in [3.05, 3.63) is 59.4 Å². The van der Waals surface area contributed by atoms with E-state index in [2.05, 4.69) is 5.32 Å². The van der Waals surface area contributed by atoms with E-state index in [9.17, 15) is 9.18 Å². The van der Waals surface area contributed by atoms with Crippen LogP contribution in [0, 0.1) is 5.82 Å². The van der Waals surface area contributed by atoms with Gasteiger partial charge < -0.3 is 15.8 Å². The Balaban J connectivity index is 2.19. The number of ether oxygens (including phenoxy) is 1. The van der Waals surface area contributed by atoms with E-state index >= 15 is 0 Å². The van der Waals surface area contributed by atoms with E-state index < -0.39 is 11.7 Å². The Kier molecular flexibility index (Phi) is 4.32. The molecule has 2 aromatic carbocycles. The number of anilines is 2. The lowest BCUT2D eigenvalue weighted by Gasteiger charge is -2.09. The first-order valence-corrected chi connectivity index (χ1v) is 6.04. The quantitative estimate of drug-likeness (QED) is 0.843. The summed E-state index contributed by atoms with van der Waals surface area (Å²) >= 11 is 0. The number of hydrogen-bond donors (Lipinski definition) is 2. The van der Waals surface area contributed by atoms with Crippen LogP contribution in [-0.4, -0.2) is 13.0 Å². The number of nitrogen functional groups attached to an aromatic ring is 1. The molecule has 0 atom stereocenters. The van der Waals surface area contributed by atoms with Crippen molar-refractivity contribution in [2.75, 3.05) is 18.2 Å². The van der Waals surface area contributed by atoms with Gasteiger partial charge in [-0.25, -0.2) is 4.39 Å². The number of carbonyl (C=O) groups is 1. The summed E-state index contributed by atoms with van der Waals surface area (Å²) in [4.78, 5) is 12.1. The summed E-state index contributed by atoms with van der Waals surface area (Å²) in [5, 5.41) is 2.68. The van der Waals surface area contributed by atoms with Crippen molar-refractivity contribution in [3.63, 3.8) is 0 Å². The second-order valence-electron chi connectivity index (χ2n) is 4.32. The Hall–Kier alpha value is -2.40. The van der Waals surface area contributed by atoms with Crippen LogP contribution < -0.4 is 11.1 Å². The summed E-state index contributed by atoms with van der Waals surface area (Å²) in [5.74, 6) is -0.950. The smallest absolute Gasteiger partial charge is 0.257 e. The van der Waals surface area contributed by atoms with Crippen LogP contribution in [0.5, 0.6) is 0 Å². The van der Waals surface area contributed by atoms with Crippen LogP contribution in [0.4, 0.5) is 15.8 Å². The first kappa shape index (κ1) is 14.0. The van der Waals surface area contributed by atoms with E-state index in [0.29, 0.717) is 12.3 Å². The van der Waals surface area contributed by atoms with Crippen molar-refractivity contribution < 1.29 is 13.9 Å². The number of nitrogens with one attached hydrogen (secondary N) is 1. The average molecular weight is 274 g/mol. The highest BCUT2D eigenvalue weighted by Gasteiger charge is 2.11. The molecular formula is C15H15FN2O2. The van der Waals surface area contributed by atoms with Crippen LogP contribution in [0.15, 0.2) is 42.5 Å². The molecule has 0 aromatic heterocycles. The summed E-state index contributed by atoms with van der Waals surface area (Å²) < 4.78 is 18.2. The molecule has 0 aliphatic heterocycles. The molecule has 0 saturated heterocycles. The molecule has 0 unspecified atom stereocenters. The number of methoxy groups -OCH3 is 1. The fourth-order valence-electron chi connectivity index (χ4n) is 1.83. The van der Waals surface area contributed by atoms with Crippen LogP contribution in [-0.2, 0) is 11.3 Å². The summed E-state index contributed by atoms with van der Waals surface area (Å²) in [6, 6.07) is 10.9. The third-order valence-electron chi connectivity index (χ3n) is 2.76. The van der Waals surface area contributed by atoms with Crippen molar-refractivity contribution in [1.82, 2.24) is 0 Å². The zero-order valence-corrected chi connectivity index (χ0v) is 11.0. The van der Waals surface area contributed by atoms with E-state index in [-0.39, 0.29) is 11.3 Å².